The van der Waals surface area contributed by atoms with Crippen LogP contribution in [0, 0.1) is 0 Å². The van der Waals surface area contributed by atoms with Gasteiger partial charge in [-0.2, -0.15) is 0 Å². The zero-order valence-electron chi connectivity index (χ0n) is 17.4. The smallest absolute Gasteiger partial charge is 0.174 e. The third-order valence-electron chi connectivity index (χ3n) is 5.61. The molecular weight excluding hydrogens is 376 g/mol. The fourth-order valence-corrected chi connectivity index (χ4v) is 4.43. The molecule has 5 heteroatoms. The second kappa shape index (κ2) is 7.99. The summed E-state index contributed by atoms with van der Waals surface area (Å²) < 4.78 is 2.33. The number of hydrogen-bond donors (Lipinski definition) is 1. The van der Waals surface area contributed by atoms with Gasteiger partial charge >= 0.3 is 0 Å². The van der Waals surface area contributed by atoms with Crippen molar-refractivity contribution < 1.29 is 0 Å². The lowest BCUT2D eigenvalue weighted by Crippen LogP contribution is -2.30. The van der Waals surface area contributed by atoms with E-state index in [1.54, 1.807) is 0 Å². The van der Waals surface area contributed by atoms with E-state index < -0.39 is 0 Å². The summed E-state index contributed by atoms with van der Waals surface area (Å²) in [6.45, 7) is 8.85. The van der Waals surface area contributed by atoms with Crippen molar-refractivity contribution in [1.82, 2.24) is 14.9 Å². The van der Waals surface area contributed by atoms with Crippen LogP contribution in [0.1, 0.15) is 68.7 Å². The Kier molecular flexibility index (Phi) is 5.41. The molecule has 0 spiro atoms. The molecule has 1 aliphatic heterocycles. The second-order valence-electron chi connectivity index (χ2n) is 8.18. The number of rotatable bonds is 5. The summed E-state index contributed by atoms with van der Waals surface area (Å²) in [7, 11) is 0. The molecule has 1 fully saturated rings. The maximum Gasteiger partial charge on any atom is 0.174 e. The van der Waals surface area contributed by atoms with Gasteiger partial charge in [0.25, 0.3) is 0 Å². The quantitative estimate of drug-likeness (QED) is 0.548. The Labute approximate surface area is 178 Å². The number of thiocarbonyl (C=S) groups is 1. The molecular formula is C24H28N4S. The van der Waals surface area contributed by atoms with E-state index in [0.717, 1.165) is 16.5 Å². The average molecular weight is 405 g/mol. The summed E-state index contributed by atoms with van der Waals surface area (Å²) in [6, 6.07) is 19.5. The number of nitrogens with one attached hydrogen (secondary N) is 1. The normalized spacial score (nSPS) is 19.2. The minimum absolute atomic E-state index is 0.0131. The SMILES string of the molecule is CC(C)c1ccc(N2C(=S)NC(c3ccccn3)C2c2cccn2C(C)C)cc1. The predicted octanol–water partition coefficient (Wildman–Crippen LogP) is 5.76. The standard InChI is InChI=1S/C24H28N4S/c1-16(2)18-10-12-19(13-11-18)28-23(21-9-7-15-27(21)17(3)4)22(26-24(28)29)20-8-5-6-14-25-20/h5-17,22-23H,1-4H3,(H,26,29). The Balaban J connectivity index is 1.82. The minimum Gasteiger partial charge on any atom is -0.351 e. The van der Waals surface area contributed by atoms with Crippen molar-refractivity contribution in [3.63, 3.8) is 0 Å². The van der Waals surface area contributed by atoms with Gasteiger partial charge in [-0.25, -0.2) is 0 Å². The number of benzene rings is 1. The molecule has 4 nitrogen and oxygen atoms in total. The number of aromatic nitrogens is 2. The average Bonchev–Trinajstić information content (AvgIpc) is 3.33. The highest BCUT2D eigenvalue weighted by Gasteiger charge is 2.42. The lowest BCUT2D eigenvalue weighted by atomic mass is 9.99. The summed E-state index contributed by atoms with van der Waals surface area (Å²) in [5, 5.41) is 4.28. The van der Waals surface area contributed by atoms with Crippen LogP contribution in [-0.4, -0.2) is 14.7 Å². The van der Waals surface area contributed by atoms with Gasteiger partial charge in [0.2, 0.25) is 0 Å². The van der Waals surface area contributed by atoms with Crippen LogP contribution in [0.4, 0.5) is 5.69 Å². The van der Waals surface area contributed by atoms with Crippen molar-refractivity contribution in [2.45, 2.75) is 51.7 Å². The number of anilines is 1. The molecule has 0 bridgehead atoms. The topological polar surface area (TPSA) is 33.1 Å². The first-order valence-corrected chi connectivity index (χ1v) is 10.7. The van der Waals surface area contributed by atoms with E-state index in [9.17, 15) is 0 Å². The monoisotopic (exact) mass is 404 g/mol. The zero-order valence-corrected chi connectivity index (χ0v) is 18.2. The van der Waals surface area contributed by atoms with Crippen LogP contribution in [-0.2, 0) is 0 Å². The fourth-order valence-electron chi connectivity index (χ4n) is 4.08. The van der Waals surface area contributed by atoms with Crippen molar-refractivity contribution in [3.05, 3.63) is 83.9 Å². The van der Waals surface area contributed by atoms with E-state index in [1.165, 1.54) is 11.3 Å². The van der Waals surface area contributed by atoms with Crippen molar-refractivity contribution in [2.24, 2.45) is 0 Å². The van der Waals surface area contributed by atoms with Crippen LogP contribution in [0.5, 0.6) is 0 Å². The molecule has 29 heavy (non-hydrogen) atoms. The van der Waals surface area contributed by atoms with Crippen LogP contribution in [0.15, 0.2) is 67.0 Å². The minimum atomic E-state index is -0.0131. The predicted molar refractivity (Wildman–Crippen MR) is 123 cm³/mol. The number of hydrogen-bond acceptors (Lipinski definition) is 2. The highest BCUT2D eigenvalue weighted by Crippen LogP contribution is 2.42. The van der Waals surface area contributed by atoms with E-state index >= 15 is 0 Å². The molecule has 1 N–H and O–H groups in total. The molecule has 4 rings (SSSR count). The van der Waals surface area contributed by atoms with Gasteiger partial charge in [-0.1, -0.05) is 32.0 Å². The Bertz CT molecular complexity index is 976. The fraction of sp³-hybridized carbons (Fsp3) is 0.333. The Morgan fingerprint density at radius 1 is 0.966 bits per heavy atom. The maximum atomic E-state index is 5.82. The molecule has 2 aromatic heterocycles. The Morgan fingerprint density at radius 3 is 2.34 bits per heavy atom. The van der Waals surface area contributed by atoms with Gasteiger partial charge < -0.3 is 14.8 Å². The molecule has 1 aliphatic rings. The van der Waals surface area contributed by atoms with Crippen LogP contribution in [0.3, 0.4) is 0 Å². The molecule has 0 radical (unpaired) electrons. The molecule has 150 valence electrons. The lowest BCUT2D eigenvalue weighted by Gasteiger charge is -2.30. The van der Waals surface area contributed by atoms with Crippen molar-refractivity contribution >= 4 is 23.0 Å². The largest absolute Gasteiger partial charge is 0.351 e. The van der Waals surface area contributed by atoms with Gasteiger partial charge in [0.15, 0.2) is 5.11 Å². The lowest BCUT2D eigenvalue weighted by molar-refractivity contribution is 0.497. The summed E-state index contributed by atoms with van der Waals surface area (Å²) in [6.07, 6.45) is 4.00. The third kappa shape index (κ3) is 3.67. The van der Waals surface area contributed by atoms with E-state index in [2.05, 4.69) is 96.1 Å². The molecule has 2 atom stereocenters. The van der Waals surface area contributed by atoms with E-state index in [-0.39, 0.29) is 12.1 Å². The summed E-state index contributed by atoms with van der Waals surface area (Å²) in [5.41, 5.74) is 4.66. The highest BCUT2D eigenvalue weighted by atomic mass is 32.1. The molecule has 0 aliphatic carbocycles. The van der Waals surface area contributed by atoms with Crippen molar-refractivity contribution in [1.29, 1.82) is 0 Å². The van der Waals surface area contributed by atoms with Crippen LogP contribution >= 0.6 is 12.2 Å². The van der Waals surface area contributed by atoms with Crippen molar-refractivity contribution in [3.8, 4) is 0 Å². The Morgan fingerprint density at radius 2 is 1.72 bits per heavy atom. The van der Waals surface area contributed by atoms with Gasteiger partial charge in [0.1, 0.15) is 6.04 Å². The highest BCUT2D eigenvalue weighted by molar-refractivity contribution is 7.80. The number of nitrogens with zero attached hydrogens (tertiary/aromatic N) is 3. The van der Waals surface area contributed by atoms with Crippen LogP contribution in [0.2, 0.25) is 0 Å². The second-order valence-corrected chi connectivity index (χ2v) is 8.56. The summed E-state index contributed by atoms with van der Waals surface area (Å²) in [5.74, 6) is 0.503. The molecule has 1 saturated heterocycles. The molecule has 0 amide bonds. The molecule has 0 saturated carbocycles. The van der Waals surface area contributed by atoms with Gasteiger partial charge in [0.05, 0.1) is 11.7 Å². The van der Waals surface area contributed by atoms with Gasteiger partial charge in [-0.05, 0) is 73.9 Å². The van der Waals surface area contributed by atoms with Gasteiger partial charge in [-0.15, -0.1) is 0 Å². The molecule has 2 unspecified atom stereocenters. The first kappa shape index (κ1) is 19.6. The molecule has 1 aromatic carbocycles. The van der Waals surface area contributed by atoms with E-state index in [0.29, 0.717) is 12.0 Å². The summed E-state index contributed by atoms with van der Waals surface area (Å²) in [4.78, 5) is 6.88. The number of pyridine rings is 1. The molecule has 3 aromatic rings. The van der Waals surface area contributed by atoms with E-state index in [1.807, 2.05) is 18.3 Å². The van der Waals surface area contributed by atoms with Crippen molar-refractivity contribution in [2.75, 3.05) is 4.90 Å². The van der Waals surface area contributed by atoms with Gasteiger partial charge in [-0.3, -0.25) is 4.98 Å². The first-order chi connectivity index (χ1) is 14.0. The van der Waals surface area contributed by atoms with Crippen LogP contribution < -0.4 is 10.2 Å². The summed E-state index contributed by atoms with van der Waals surface area (Å²) >= 11 is 5.82. The first-order valence-electron chi connectivity index (χ1n) is 10.2. The maximum absolute atomic E-state index is 5.82. The molecule has 3 heterocycles. The van der Waals surface area contributed by atoms with Crippen LogP contribution in [0.25, 0.3) is 0 Å². The zero-order chi connectivity index (χ0) is 20.5. The van der Waals surface area contributed by atoms with E-state index in [4.69, 9.17) is 12.2 Å². The Hall–Kier alpha value is -2.66. The third-order valence-corrected chi connectivity index (χ3v) is 5.92. The van der Waals surface area contributed by atoms with Gasteiger partial charge in [0, 0.05) is 29.8 Å².